The van der Waals surface area contributed by atoms with Crippen molar-refractivity contribution >= 4 is 5.69 Å². The summed E-state index contributed by atoms with van der Waals surface area (Å²) >= 11 is 0. The van der Waals surface area contributed by atoms with Crippen LogP contribution < -0.4 is 5.32 Å². The summed E-state index contributed by atoms with van der Waals surface area (Å²) in [7, 11) is 0. The molecule has 3 nitrogen and oxygen atoms in total. The third-order valence-electron chi connectivity index (χ3n) is 3.56. The Hall–Kier alpha value is -1.37. The van der Waals surface area contributed by atoms with E-state index in [2.05, 4.69) is 10.3 Å². The van der Waals surface area contributed by atoms with E-state index in [1.807, 2.05) is 0 Å². The first-order valence-corrected chi connectivity index (χ1v) is 7.15. The molecule has 7 heteroatoms. The number of anilines is 1. The molecule has 1 fully saturated rings. The number of nitrogens with zero attached hydrogens (tertiary/aromatic N) is 1. The maximum atomic E-state index is 13.3. The lowest BCUT2D eigenvalue weighted by Gasteiger charge is -2.16. The second kappa shape index (κ2) is 7.59. The summed E-state index contributed by atoms with van der Waals surface area (Å²) in [6.07, 6.45) is 6.72. The monoisotopic (exact) mass is 306 g/mol. The van der Waals surface area contributed by atoms with Crippen LogP contribution in [-0.2, 0) is 4.74 Å². The molecule has 21 heavy (non-hydrogen) atoms. The van der Waals surface area contributed by atoms with Crippen LogP contribution >= 0.6 is 0 Å². The Morgan fingerprint density at radius 1 is 0.952 bits per heavy atom. The van der Waals surface area contributed by atoms with E-state index >= 15 is 0 Å². The minimum absolute atomic E-state index is 0.0627. The first-order chi connectivity index (χ1) is 10.1. The maximum Gasteiger partial charge on any atom is 0.253 e. The average molecular weight is 306 g/mol. The number of aromatic nitrogens is 1. The fourth-order valence-electron chi connectivity index (χ4n) is 2.45. The van der Waals surface area contributed by atoms with E-state index in [1.54, 1.807) is 0 Å². The van der Waals surface area contributed by atoms with E-state index in [9.17, 15) is 17.6 Å². The summed E-state index contributed by atoms with van der Waals surface area (Å²) in [5.41, 5.74) is -0.843. The molecule has 1 saturated carbocycles. The van der Waals surface area contributed by atoms with Gasteiger partial charge in [-0.05, 0) is 12.8 Å². The highest BCUT2D eigenvalue weighted by atomic mass is 19.2. The van der Waals surface area contributed by atoms with Crippen LogP contribution in [0.25, 0.3) is 0 Å². The molecule has 0 unspecified atom stereocenters. The summed E-state index contributed by atoms with van der Waals surface area (Å²) in [6, 6.07) is 0. The van der Waals surface area contributed by atoms with Crippen molar-refractivity contribution in [3.05, 3.63) is 23.5 Å². The van der Waals surface area contributed by atoms with E-state index in [0.29, 0.717) is 0 Å². The van der Waals surface area contributed by atoms with Crippen molar-refractivity contribution in [1.29, 1.82) is 0 Å². The molecule has 1 N–H and O–H groups in total. The van der Waals surface area contributed by atoms with Crippen LogP contribution in [0.2, 0.25) is 0 Å². The van der Waals surface area contributed by atoms with E-state index in [4.69, 9.17) is 4.74 Å². The van der Waals surface area contributed by atoms with Crippen molar-refractivity contribution in [3.63, 3.8) is 0 Å². The van der Waals surface area contributed by atoms with Gasteiger partial charge in [-0.1, -0.05) is 25.7 Å². The van der Waals surface area contributed by atoms with Crippen molar-refractivity contribution < 1.29 is 22.3 Å². The highest BCUT2D eigenvalue weighted by Gasteiger charge is 2.20. The number of nitrogens with one attached hydrogen (secondary N) is 1. The van der Waals surface area contributed by atoms with E-state index < -0.39 is 29.2 Å². The van der Waals surface area contributed by atoms with Gasteiger partial charge >= 0.3 is 0 Å². The maximum absolute atomic E-state index is 13.3. The molecule has 2 rings (SSSR count). The fraction of sp³-hybridized carbons (Fsp3) is 0.643. The molecule has 0 spiro atoms. The SMILES string of the molecule is Fc1nc(F)c(F)c(NCCOC2CCCCCC2)c1F. The first-order valence-electron chi connectivity index (χ1n) is 7.15. The number of hydrogen-bond donors (Lipinski definition) is 1. The minimum atomic E-state index is -1.67. The number of rotatable bonds is 5. The predicted molar refractivity (Wildman–Crippen MR) is 70.0 cm³/mol. The second-order valence-corrected chi connectivity index (χ2v) is 5.11. The predicted octanol–water partition coefficient (Wildman–Crippen LogP) is 3.79. The molecular weight excluding hydrogens is 288 g/mol. The van der Waals surface area contributed by atoms with Crippen molar-refractivity contribution in [2.24, 2.45) is 0 Å². The van der Waals surface area contributed by atoms with Crippen LogP contribution in [0.3, 0.4) is 0 Å². The molecule has 1 aromatic rings. The van der Waals surface area contributed by atoms with Gasteiger partial charge in [-0.25, -0.2) is 0 Å². The Kier molecular flexibility index (Phi) is 5.78. The van der Waals surface area contributed by atoms with Gasteiger partial charge in [0.25, 0.3) is 11.9 Å². The Bertz CT molecular complexity index is 450. The molecule has 0 saturated heterocycles. The van der Waals surface area contributed by atoms with Gasteiger partial charge in [0, 0.05) is 6.54 Å². The molecular formula is C14H18F4N2O. The average Bonchev–Trinajstić information content (AvgIpc) is 2.73. The van der Waals surface area contributed by atoms with Gasteiger partial charge in [-0.2, -0.15) is 22.5 Å². The lowest BCUT2D eigenvalue weighted by atomic mass is 10.1. The van der Waals surface area contributed by atoms with Gasteiger partial charge in [-0.15, -0.1) is 0 Å². The Morgan fingerprint density at radius 3 is 2.10 bits per heavy atom. The quantitative estimate of drug-likeness (QED) is 0.389. The topological polar surface area (TPSA) is 34.2 Å². The Morgan fingerprint density at radius 2 is 1.52 bits per heavy atom. The van der Waals surface area contributed by atoms with Crippen molar-refractivity contribution in [2.75, 3.05) is 18.5 Å². The Balaban J connectivity index is 1.83. The van der Waals surface area contributed by atoms with Gasteiger partial charge < -0.3 is 10.1 Å². The van der Waals surface area contributed by atoms with Gasteiger partial charge in [-0.3, -0.25) is 0 Å². The van der Waals surface area contributed by atoms with Crippen molar-refractivity contribution in [3.8, 4) is 0 Å². The smallest absolute Gasteiger partial charge is 0.253 e. The Labute approximate surface area is 120 Å². The third kappa shape index (κ3) is 4.30. The summed E-state index contributed by atoms with van der Waals surface area (Å²) < 4.78 is 58.1. The standard InChI is InChI=1S/C14H18F4N2O/c15-10-12(11(16)14(18)20-13(10)17)19-7-8-21-9-5-3-1-2-4-6-9/h9H,1-8H2,(H,19,20). The number of halogens is 4. The minimum Gasteiger partial charge on any atom is -0.378 e. The second-order valence-electron chi connectivity index (χ2n) is 5.11. The third-order valence-corrected chi connectivity index (χ3v) is 3.56. The molecule has 0 aliphatic heterocycles. The van der Waals surface area contributed by atoms with Gasteiger partial charge in [0.1, 0.15) is 5.69 Å². The summed E-state index contributed by atoms with van der Waals surface area (Å²) in [4.78, 5) is 2.49. The van der Waals surface area contributed by atoms with Crippen molar-refractivity contribution in [1.82, 2.24) is 4.98 Å². The summed E-state index contributed by atoms with van der Waals surface area (Å²) in [5, 5.41) is 2.32. The van der Waals surface area contributed by atoms with E-state index in [1.165, 1.54) is 12.8 Å². The molecule has 1 aliphatic carbocycles. The lowest BCUT2D eigenvalue weighted by Crippen LogP contribution is -2.19. The highest BCUT2D eigenvalue weighted by molar-refractivity contribution is 5.45. The van der Waals surface area contributed by atoms with Crippen molar-refractivity contribution in [2.45, 2.75) is 44.6 Å². The molecule has 1 aromatic heterocycles. The molecule has 0 bridgehead atoms. The molecule has 0 amide bonds. The van der Waals surface area contributed by atoms with Crippen LogP contribution in [0.1, 0.15) is 38.5 Å². The highest BCUT2D eigenvalue weighted by Crippen LogP contribution is 2.22. The first kappa shape index (κ1) is 16.0. The fourth-order valence-corrected chi connectivity index (χ4v) is 2.45. The molecule has 0 aromatic carbocycles. The summed E-state index contributed by atoms with van der Waals surface area (Å²) in [6.45, 7) is 0.280. The normalized spacial score (nSPS) is 16.8. The molecule has 1 heterocycles. The molecule has 118 valence electrons. The zero-order chi connectivity index (χ0) is 15.2. The van der Waals surface area contributed by atoms with E-state index in [0.717, 1.165) is 25.7 Å². The molecule has 0 atom stereocenters. The zero-order valence-electron chi connectivity index (χ0n) is 11.6. The van der Waals surface area contributed by atoms with Crippen LogP contribution in [0.4, 0.5) is 23.2 Å². The van der Waals surface area contributed by atoms with Gasteiger partial charge in [0.15, 0.2) is 0 Å². The summed E-state index contributed by atoms with van der Waals surface area (Å²) in [5.74, 6) is -6.38. The number of ether oxygens (including phenoxy) is 1. The van der Waals surface area contributed by atoms with Crippen LogP contribution in [0.15, 0.2) is 0 Å². The van der Waals surface area contributed by atoms with Crippen LogP contribution in [-0.4, -0.2) is 24.2 Å². The number of pyridine rings is 1. The number of hydrogen-bond acceptors (Lipinski definition) is 3. The largest absolute Gasteiger partial charge is 0.378 e. The molecule has 0 radical (unpaired) electrons. The van der Waals surface area contributed by atoms with E-state index in [-0.39, 0.29) is 19.3 Å². The lowest BCUT2D eigenvalue weighted by molar-refractivity contribution is 0.0501. The van der Waals surface area contributed by atoms with Gasteiger partial charge in [0.05, 0.1) is 12.7 Å². The van der Waals surface area contributed by atoms with Gasteiger partial charge in [0.2, 0.25) is 11.6 Å². The van der Waals surface area contributed by atoms with Crippen LogP contribution in [0, 0.1) is 23.5 Å². The zero-order valence-corrected chi connectivity index (χ0v) is 11.6. The van der Waals surface area contributed by atoms with Crippen LogP contribution in [0.5, 0.6) is 0 Å². The molecule has 1 aliphatic rings.